The van der Waals surface area contributed by atoms with E-state index in [0.29, 0.717) is 23.5 Å². The minimum absolute atomic E-state index is 0.0927. The molecule has 0 aliphatic carbocycles. The van der Waals surface area contributed by atoms with Crippen molar-refractivity contribution in [1.82, 2.24) is 9.13 Å². The van der Waals surface area contributed by atoms with Crippen molar-refractivity contribution < 1.29 is 26.3 Å². The van der Waals surface area contributed by atoms with Crippen LogP contribution in [0.3, 0.4) is 0 Å². The maximum Gasteiger partial charge on any atom is 0.416 e. The first-order valence-corrected chi connectivity index (χ1v) is 24.8. The van der Waals surface area contributed by atoms with Gasteiger partial charge < -0.3 is 9.13 Å². The summed E-state index contributed by atoms with van der Waals surface area (Å²) in [7, 11) is 0. The van der Waals surface area contributed by atoms with Crippen LogP contribution in [0.25, 0.3) is 111 Å². The van der Waals surface area contributed by atoms with E-state index < -0.39 is 29.0 Å². The molecule has 2 aromatic heterocycles. The monoisotopic (exact) mass is 1010 g/mol. The second-order valence-electron chi connectivity index (χ2n) is 19.9. The molecule has 3 nitrogen and oxygen atoms in total. The van der Waals surface area contributed by atoms with Gasteiger partial charge in [-0.1, -0.05) is 144 Å². The molecule has 10 aromatic carbocycles. The van der Waals surface area contributed by atoms with E-state index in [1.165, 1.54) is 0 Å². The number of halogens is 6. The van der Waals surface area contributed by atoms with E-state index in [1.54, 1.807) is 12.1 Å². The van der Waals surface area contributed by atoms with E-state index in [9.17, 15) is 31.6 Å². The minimum Gasteiger partial charge on any atom is -0.307 e. The first-order valence-electron chi connectivity index (χ1n) is 24.8. The maximum atomic E-state index is 14.7. The summed E-state index contributed by atoms with van der Waals surface area (Å²) in [6.07, 6.45) is -10.3. The van der Waals surface area contributed by atoms with Gasteiger partial charge in [0, 0.05) is 27.1 Å². The zero-order valence-corrected chi connectivity index (χ0v) is 41.7. The van der Waals surface area contributed by atoms with Crippen LogP contribution in [0.2, 0.25) is 0 Å². The Hall–Kier alpha value is -9.13. The number of benzene rings is 10. The highest BCUT2D eigenvalue weighted by molar-refractivity contribution is 6.14. The number of rotatable bonds is 7. The summed E-state index contributed by atoms with van der Waals surface area (Å²) in [5.41, 5.74) is 12.6. The molecule has 9 heteroatoms. The van der Waals surface area contributed by atoms with Crippen LogP contribution >= 0.6 is 0 Å². The Bertz CT molecular complexity index is 4150. The number of aromatic nitrogens is 2. The van der Waals surface area contributed by atoms with Crippen molar-refractivity contribution >= 4 is 43.6 Å². The van der Waals surface area contributed by atoms with Crippen LogP contribution in [0.1, 0.15) is 38.9 Å². The molecule has 0 unspecified atom stereocenters. The molecule has 0 N–H and O–H groups in total. The maximum absolute atomic E-state index is 14.7. The lowest BCUT2D eigenvalue weighted by molar-refractivity contribution is -0.143. The Kier molecular flexibility index (Phi) is 11.4. The Balaban J connectivity index is 1.22. The van der Waals surface area contributed by atoms with Crippen LogP contribution in [0, 0.1) is 39.0 Å². The van der Waals surface area contributed by atoms with Crippen molar-refractivity contribution in [3.63, 3.8) is 0 Å². The Morgan fingerprint density at radius 1 is 0.329 bits per heavy atom. The lowest BCUT2D eigenvalue weighted by Crippen LogP contribution is -2.11. The quantitative estimate of drug-likeness (QED) is 0.147. The van der Waals surface area contributed by atoms with Gasteiger partial charge in [0.25, 0.3) is 0 Å². The number of aryl methyl sites for hydroxylation is 4. The highest BCUT2D eigenvalue weighted by Crippen LogP contribution is 2.46. The van der Waals surface area contributed by atoms with Crippen LogP contribution in [0.4, 0.5) is 26.3 Å². The summed E-state index contributed by atoms with van der Waals surface area (Å²) in [5.74, 6) is 0. The highest BCUT2D eigenvalue weighted by Gasteiger charge is 2.37. The topological polar surface area (TPSA) is 33.6 Å². The molecule has 12 aromatic rings. The van der Waals surface area contributed by atoms with Gasteiger partial charge >= 0.3 is 12.4 Å². The van der Waals surface area contributed by atoms with Crippen molar-refractivity contribution in [3.05, 3.63) is 239 Å². The molecule has 76 heavy (non-hydrogen) atoms. The first-order chi connectivity index (χ1) is 36.5. The van der Waals surface area contributed by atoms with Gasteiger partial charge in [0.15, 0.2) is 0 Å². The Morgan fingerprint density at radius 3 is 0.921 bits per heavy atom. The third kappa shape index (κ3) is 8.46. The van der Waals surface area contributed by atoms with E-state index in [1.807, 2.05) is 117 Å². The Labute approximate surface area is 434 Å². The molecule has 0 aliphatic heterocycles. The van der Waals surface area contributed by atoms with E-state index in [0.717, 1.165) is 110 Å². The fourth-order valence-electron chi connectivity index (χ4n) is 11.0. The van der Waals surface area contributed by atoms with E-state index in [2.05, 4.69) is 95.6 Å². The van der Waals surface area contributed by atoms with Crippen LogP contribution < -0.4 is 0 Å². The highest BCUT2D eigenvalue weighted by atomic mass is 19.4. The second-order valence-corrected chi connectivity index (χ2v) is 19.9. The summed E-state index contributed by atoms with van der Waals surface area (Å²) < 4.78 is 92.1. The summed E-state index contributed by atoms with van der Waals surface area (Å²) in [6.45, 7) is 8.17. The number of alkyl halides is 6. The van der Waals surface area contributed by atoms with Crippen molar-refractivity contribution in [3.8, 4) is 73.1 Å². The molecule has 0 aliphatic rings. The summed E-state index contributed by atoms with van der Waals surface area (Å²) in [5, 5.41) is 14.7. The van der Waals surface area contributed by atoms with E-state index >= 15 is 0 Å². The Morgan fingerprint density at radius 2 is 0.632 bits per heavy atom. The lowest BCUT2D eigenvalue weighted by Gasteiger charge is -2.21. The molecule has 0 saturated heterocycles. The van der Waals surface area contributed by atoms with Gasteiger partial charge in [-0.3, -0.25) is 0 Å². The summed E-state index contributed by atoms with van der Waals surface area (Å²) in [4.78, 5) is 0. The van der Waals surface area contributed by atoms with Gasteiger partial charge in [-0.05, 0) is 157 Å². The summed E-state index contributed by atoms with van der Waals surface area (Å²) >= 11 is 0. The number of fused-ring (bicyclic) bond motifs is 6. The number of hydrogen-bond donors (Lipinski definition) is 0. The van der Waals surface area contributed by atoms with Crippen molar-refractivity contribution in [2.45, 2.75) is 40.0 Å². The molecule has 370 valence electrons. The SMILES string of the molecule is Cc1cccc(-c2ccc3c(c2)c2cc(-c4cccc(C)c4)ccc2n3-c2cc(C#N)c(-c3cc(C(F)(F)F)cc(C(F)(F)F)c3)cc2-n2c3ccc(-c4cccc(C)c4)cc3c3cc(-c4cccc(C)c4)ccc32)c1. The van der Waals surface area contributed by atoms with Crippen LogP contribution in [0.5, 0.6) is 0 Å². The number of nitrogens with zero attached hydrogens (tertiary/aromatic N) is 3. The number of hydrogen-bond acceptors (Lipinski definition) is 1. The molecule has 0 fully saturated rings. The van der Waals surface area contributed by atoms with Gasteiger partial charge in [0.05, 0.1) is 56.2 Å². The molecule has 2 heterocycles. The molecule has 12 rings (SSSR count). The molecular formula is C67H45F6N3. The first kappa shape index (κ1) is 47.8. The van der Waals surface area contributed by atoms with Crippen molar-refractivity contribution in [2.75, 3.05) is 0 Å². The molecular weight excluding hydrogens is 961 g/mol. The van der Waals surface area contributed by atoms with Gasteiger partial charge in [-0.25, -0.2) is 0 Å². The molecule has 0 spiro atoms. The molecule has 0 atom stereocenters. The average Bonchev–Trinajstić information content (AvgIpc) is 3.96. The van der Waals surface area contributed by atoms with Crippen molar-refractivity contribution in [1.29, 1.82) is 5.26 Å². The molecule has 0 radical (unpaired) electrons. The smallest absolute Gasteiger partial charge is 0.307 e. The van der Waals surface area contributed by atoms with Gasteiger partial charge in [0.1, 0.15) is 0 Å². The van der Waals surface area contributed by atoms with Gasteiger partial charge in [0.2, 0.25) is 0 Å². The normalized spacial score (nSPS) is 12.1. The second kappa shape index (κ2) is 18.1. The molecule has 0 saturated carbocycles. The predicted molar refractivity (Wildman–Crippen MR) is 296 cm³/mol. The number of nitriles is 1. The predicted octanol–water partition coefficient (Wildman–Crippen LogP) is 19.4. The van der Waals surface area contributed by atoms with Crippen LogP contribution in [-0.4, -0.2) is 9.13 Å². The standard InChI is InChI=1S/C67H45F6N3/c1-39-9-5-13-43(25-39)47-17-21-60-56(31-47)57-32-48(44-14-6-10-40(2)26-44)18-22-61(57)75(60)64-35-52(38-74)55(51-29-53(66(68,69)70)36-54(30-51)67(71,72)73)37-65(64)76-62-23-19-49(45-15-7-11-41(3)27-45)33-58(62)59-34-50(20-24-63(59)76)46-16-8-12-42(4)28-46/h5-37H,1-4H3. The molecule has 0 amide bonds. The minimum atomic E-state index is -5.13. The zero-order chi connectivity index (χ0) is 52.8. The van der Waals surface area contributed by atoms with Crippen LogP contribution in [-0.2, 0) is 12.4 Å². The average molecular weight is 1010 g/mol. The fourth-order valence-corrected chi connectivity index (χ4v) is 11.0. The van der Waals surface area contributed by atoms with Gasteiger partial charge in [-0.15, -0.1) is 0 Å². The lowest BCUT2D eigenvalue weighted by atomic mass is 9.94. The third-order valence-electron chi connectivity index (χ3n) is 14.6. The molecule has 0 bridgehead atoms. The van der Waals surface area contributed by atoms with Crippen molar-refractivity contribution in [2.24, 2.45) is 0 Å². The van der Waals surface area contributed by atoms with E-state index in [-0.39, 0.29) is 17.2 Å². The third-order valence-corrected chi connectivity index (χ3v) is 14.6. The summed E-state index contributed by atoms with van der Waals surface area (Å²) in [6, 6.07) is 64.7. The van der Waals surface area contributed by atoms with Gasteiger partial charge in [-0.2, -0.15) is 31.6 Å². The van der Waals surface area contributed by atoms with Crippen LogP contribution in [0.15, 0.2) is 200 Å². The fraction of sp³-hybridized carbons (Fsp3) is 0.0896. The zero-order valence-electron chi connectivity index (χ0n) is 41.7. The largest absolute Gasteiger partial charge is 0.416 e. The van der Waals surface area contributed by atoms with E-state index in [4.69, 9.17) is 0 Å².